The van der Waals surface area contributed by atoms with Crippen molar-refractivity contribution in [1.82, 2.24) is 9.80 Å². The number of halogens is 2. The molecule has 0 radical (unpaired) electrons. The number of likely N-dealkylation sites (tertiary alicyclic amines) is 1. The lowest BCUT2D eigenvalue weighted by atomic mass is 9.81. The predicted octanol–water partition coefficient (Wildman–Crippen LogP) is 4.24. The molecule has 4 heterocycles. The van der Waals surface area contributed by atoms with Crippen molar-refractivity contribution in [1.29, 1.82) is 0 Å². The Balaban J connectivity index is 1.55. The lowest BCUT2D eigenvalue weighted by Crippen LogP contribution is -2.45. The van der Waals surface area contributed by atoms with Gasteiger partial charge in [-0.15, -0.1) is 0 Å². The van der Waals surface area contributed by atoms with Crippen molar-refractivity contribution in [3.05, 3.63) is 73.7 Å². The van der Waals surface area contributed by atoms with Crippen LogP contribution in [0, 0.1) is 5.82 Å². The maximum Gasteiger partial charge on any atom is 0.410 e. The molecule has 5 rings (SSSR count). The second-order valence-corrected chi connectivity index (χ2v) is 12.9. The van der Waals surface area contributed by atoms with Gasteiger partial charge < -0.3 is 29.3 Å². The molecular weight excluding hydrogens is 684 g/mol. The summed E-state index contributed by atoms with van der Waals surface area (Å²) < 4.78 is 26.1. The number of benzene rings is 1. The Morgan fingerprint density at radius 1 is 1.23 bits per heavy atom. The molecule has 10 nitrogen and oxygen atoms in total. The fourth-order valence-electron chi connectivity index (χ4n) is 5.98. The van der Waals surface area contributed by atoms with E-state index < -0.39 is 23.1 Å². The number of rotatable bonds is 4. The van der Waals surface area contributed by atoms with Crippen molar-refractivity contribution in [2.75, 3.05) is 31.1 Å². The molecule has 1 N–H and O–H groups in total. The van der Waals surface area contributed by atoms with Crippen LogP contribution >= 0.6 is 22.6 Å². The summed E-state index contributed by atoms with van der Waals surface area (Å²) in [6, 6.07) is 3.92. The van der Waals surface area contributed by atoms with Gasteiger partial charge in [-0.1, -0.05) is 6.92 Å². The summed E-state index contributed by atoms with van der Waals surface area (Å²) in [6.45, 7) is 7.72. The fraction of sp³-hybridized carbons (Fsp3) is 0.406. The number of hydrogen-bond donors (Lipinski definition) is 1. The Morgan fingerprint density at radius 2 is 1.98 bits per heavy atom. The molecule has 2 atom stereocenters. The van der Waals surface area contributed by atoms with E-state index in [0.29, 0.717) is 51.2 Å². The van der Waals surface area contributed by atoms with Crippen LogP contribution in [0.15, 0.2) is 62.4 Å². The molecule has 0 bridgehead atoms. The van der Waals surface area contributed by atoms with Crippen molar-refractivity contribution in [2.24, 2.45) is 0 Å². The van der Waals surface area contributed by atoms with Gasteiger partial charge in [-0.05, 0) is 80.5 Å². The number of anilines is 1. The van der Waals surface area contributed by atoms with Crippen LogP contribution in [-0.4, -0.2) is 82.3 Å². The molecule has 0 aromatic heterocycles. The van der Waals surface area contributed by atoms with Gasteiger partial charge in [-0.2, -0.15) is 0 Å². The minimum absolute atomic E-state index is 0.0714. The molecule has 230 valence electrons. The van der Waals surface area contributed by atoms with E-state index in [2.05, 4.69) is 0 Å². The molecule has 0 aliphatic carbocycles. The lowest BCUT2D eigenvalue weighted by molar-refractivity contribution is 0.0291. The minimum Gasteiger partial charge on any atom is -0.479 e. The van der Waals surface area contributed by atoms with E-state index in [1.165, 1.54) is 12.1 Å². The first kappa shape index (κ1) is 31.5. The van der Waals surface area contributed by atoms with E-state index in [-0.39, 0.29) is 42.6 Å². The number of carbonyl (C=O) groups excluding carboxylic acids is 4. The number of amides is 1. The number of fused-ring (bicyclic) bond motifs is 1. The van der Waals surface area contributed by atoms with Crippen LogP contribution in [-0.2, 0) is 23.9 Å². The zero-order chi connectivity index (χ0) is 32.0. The number of ether oxygens (including phenoxy) is 2. The van der Waals surface area contributed by atoms with Crippen molar-refractivity contribution in [3.63, 3.8) is 0 Å². The van der Waals surface area contributed by atoms with Crippen molar-refractivity contribution in [3.8, 4) is 0 Å². The van der Waals surface area contributed by atoms with Gasteiger partial charge in [0, 0.05) is 36.0 Å². The average molecular weight is 716 g/mol. The summed E-state index contributed by atoms with van der Waals surface area (Å²) in [5.74, 6) is 4.84. The highest BCUT2D eigenvalue weighted by Gasteiger charge is 2.45. The van der Waals surface area contributed by atoms with Crippen LogP contribution in [0.25, 0.3) is 5.57 Å². The van der Waals surface area contributed by atoms with Gasteiger partial charge in [-0.3, -0.25) is 0 Å². The van der Waals surface area contributed by atoms with E-state index in [4.69, 9.17) is 9.47 Å². The molecular formula is C32H31FIN3O7. The highest BCUT2D eigenvalue weighted by molar-refractivity contribution is 14.1. The first-order valence-corrected chi connectivity index (χ1v) is 15.2. The van der Waals surface area contributed by atoms with Crippen LogP contribution in [0.5, 0.6) is 0 Å². The van der Waals surface area contributed by atoms with Crippen LogP contribution in [0.3, 0.4) is 0 Å². The van der Waals surface area contributed by atoms with Crippen molar-refractivity contribution < 1.29 is 38.1 Å². The second kappa shape index (κ2) is 11.9. The zero-order valence-corrected chi connectivity index (χ0v) is 26.9. The van der Waals surface area contributed by atoms with Gasteiger partial charge in [0.2, 0.25) is 5.76 Å². The molecule has 1 fully saturated rings. The molecule has 1 amide bonds. The van der Waals surface area contributed by atoms with E-state index in [0.717, 1.165) is 0 Å². The van der Waals surface area contributed by atoms with Gasteiger partial charge in [-0.25, -0.2) is 23.6 Å². The fourth-order valence-corrected chi connectivity index (χ4v) is 6.81. The molecule has 0 spiro atoms. The Hall–Kier alpha value is -3.92. The highest BCUT2D eigenvalue weighted by atomic mass is 127. The van der Waals surface area contributed by atoms with E-state index in [1.807, 2.05) is 39.4 Å². The quantitative estimate of drug-likeness (QED) is 0.361. The molecule has 44 heavy (non-hydrogen) atoms. The third-order valence-corrected chi connectivity index (χ3v) is 9.22. The summed E-state index contributed by atoms with van der Waals surface area (Å²) in [5.41, 5.74) is 0.122. The molecule has 0 unspecified atom stereocenters. The Morgan fingerprint density at radius 3 is 2.61 bits per heavy atom. The summed E-state index contributed by atoms with van der Waals surface area (Å²) in [5, 5.41) is 11.3. The third-order valence-electron chi connectivity index (χ3n) is 8.06. The Bertz CT molecular complexity index is 1670. The minimum atomic E-state index is -1.75. The number of nitrogens with zero attached hydrogens (tertiary/aromatic N) is 3. The van der Waals surface area contributed by atoms with Crippen molar-refractivity contribution in [2.45, 2.75) is 57.8 Å². The van der Waals surface area contributed by atoms with E-state index >= 15 is 0 Å². The topological polar surface area (TPSA) is 117 Å². The summed E-state index contributed by atoms with van der Waals surface area (Å²) >= 11 is 2.03. The third kappa shape index (κ3) is 5.44. The predicted molar refractivity (Wildman–Crippen MR) is 168 cm³/mol. The van der Waals surface area contributed by atoms with E-state index in [9.17, 15) is 28.7 Å². The Kier molecular flexibility index (Phi) is 8.50. The van der Waals surface area contributed by atoms with Gasteiger partial charge in [0.05, 0.1) is 33.1 Å². The molecule has 1 aromatic rings. The largest absolute Gasteiger partial charge is 0.479 e. The molecule has 0 saturated carbocycles. The number of hydrogen-bond acceptors (Lipinski definition) is 9. The SMILES string of the molecule is CC[C@@]1(O)C(=C=O)OCC2=C1C=CN(CC1=C(I)C(=C=O)c3cc(F)ccc3N1[C@@H]1CCN(C(=O)OC(C)(C)C)C1)C2=C=O. The molecule has 4 aliphatic rings. The van der Waals surface area contributed by atoms with Crippen LogP contribution < -0.4 is 4.90 Å². The second-order valence-electron chi connectivity index (χ2n) is 11.9. The first-order valence-electron chi connectivity index (χ1n) is 14.1. The molecule has 12 heteroatoms. The Labute approximate surface area is 267 Å². The molecule has 4 aliphatic heterocycles. The average Bonchev–Trinajstić information content (AvgIpc) is 3.47. The molecule has 1 saturated heterocycles. The summed E-state index contributed by atoms with van der Waals surface area (Å²) in [4.78, 5) is 54.3. The standard InChI is InChI=1S/C32H31FIN3O7/c1-5-32(42)24-9-11-35(27(16-39)23(24)18-43-28(32)17-40)14-26-29(34)22(15-38)21-12-19(33)6-7-25(21)37(26)20-8-10-36(13-20)30(41)44-31(2,3)4/h6-7,9,11-12,20,42H,5,8,10,13-14,18H2,1-4H3/t20-,32+/m1/s1. The molecule has 1 aromatic carbocycles. The number of allylic oxidation sites excluding steroid dienone is 2. The van der Waals surface area contributed by atoms with Gasteiger partial charge >= 0.3 is 6.09 Å². The zero-order valence-electron chi connectivity index (χ0n) is 24.7. The van der Waals surface area contributed by atoms with Crippen LogP contribution in [0.4, 0.5) is 14.9 Å². The number of aliphatic hydroxyl groups is 1. The van der Waals surface area contributed by atoms with Crippen molar-refractivity contribution >= 4 is 57.8 Å². The number of carbonyl (C=O) groups is 1. The smallest absolute Gasteiger partial charge is 0.410 e. The van der Waals surface area contributed by atoms with Gasteiger partial charge in [0.15, 0.2) is 17.5 Å². The monoisotopic (exact) mass is 715 g/mol. The maximum absolute atomic E-state index is 14.5. The van der Waals surface area contributed by atoms with Gasteiger partial charge in [0.1, 0.15) is 29.7 Å². The maximum atomic E-state index is 14.5. The first-order chi connectivity index (χ1) is 20.9. The summed E-state index contributed by atoms with van der Waals surface area (Å²) in [6.07, 6.45) is 3.46. The van der Waals surface area contributed by atoms with Gasteiger partial charge in [0.25, 0.3) is 0 Å². The van der Waals surface area contributed by atoms with Crippen LogP contribution in [0.1, 0.15) is 46.1 Å². The normalized spacial score (nSPS) is 23.2. The van der Waals surface area contributed by atoms with Crippen LogP contribution in [0.2, 0.25) is 0 Å². The highest BCUT2D eigenvalue weighted by Crippen LogP contribution is 2.46. The van der Waals surface area contributed by atoms with E-state index in [1.54, 1.807) is 61.8 Å². The lowest BCUT2D eigenvalue weighted by Gasteiger charge is -2.42. The summed E-state index contributed by atoms with van der Waals surface area (Å²) in [7, 11) is 0.